The summed E-state index contributed by atoms with van der Waals surface area (Å²) in [6.07, 6.45) is 0. The Labute approximate surface area is 114 Å². The molecule has 88 valence electrons. The second kappa shape index (κ2) is 5.05. The van der Waals surface area contributed by atoms with Gasteiger partial charge >= 0.3 is 0 Å². The summed E-state index contributed by atoms with van der Waals surface area (Å²) in [6.45, 7) is 0. The predicted octanol–water partition coefficient (Wildman–Crippen LogP) is 3.09. The second-order valence-corrected chi connectivity index (χ2v) is 6.21. The van der Waals surface area contributed by atoms with Crippen LogP contribution in [0.25, 0.3) is 0 Å². The SMILES string of the molecule is O=S(=O)(Nc1ccccc1)c1ccccc1I. The molecule has 0 amide bonds. The molecule has 2 rings (SSSR count). The van der Waals surface area contributed by atoms with Gasteiger partial charge in [-0.3, -0.25) is 4.72 Å². The smallest absolute Gasteiger partial charge is 0.262 e. The largest absolute Gasteiger partial charge is 0.280 e. The van der Waals surface area contributed by atoms with Crippen LogP contribution in [0.4, 0.5) is 5.69 Å². The molecule has 0 aromatic heterocycles. The van der Waals surface area contributed by atoms with Crippen molar-refractivity contribution in [2.45, 2.75) is 4.90 Å². The van der Waals surface area contributed by atoms with E-state index in [4.69, 9.17) is 0 Å². The molecule has 2 aromatic rings. The number of hydrogen-bond acceptors (Lipinski definition) is 2. The molecule has 0 heterocycles. The van der Waals surface area contributed by atoms with Crippen LogP contribution in [0.2, 0.25) is 0 Å². The third-order valence-corrected chi connectivity index (χ3v) is 4.90. The van der Waals surface area contributed by atoms with Crippen molar-refractivity contribution in [3.8, 4) is 0 Å². The van der Waals surface area contributed by atoms with Crippen molar-refractivity contribution in [3.63, 3.8) is 0 Å². The maximum atomic E-state index is 12.1. The number of hydrogen-bond donors (Lipinski definition) is 1. The highest BCUT2D eigenvalue weighted by atomic mass is 127. The van der Waals surface area contributed by atoms with Gasteiger partial charge in [-0.25, -0.2) is 8.42 Å². The quantitative estimate of drug-likeness (QED) is 0.857. The minimum atomic E-state index is -3.50. The summed E-state index contributed by atoms with van der Waals surface area (Å²) in [7, 11) is -3.50. The maximum Gasteiger partial charge on any atom is 0.262 e. The lowest BCUT2D eigenvalue weighted by molar-refractivity contribution is 0.600. The maximum absolute atomic E-state index is 12.1. The van der Waals surface area contributed by atoms with E-state index in [2.05, 4.69) is 4.72 Å². The van der Waals surface area contributed by atoms with Gasteiger partial charge < -0.3 is 0 Å². The molecule has 0 bridgehead atoms. The molecular formula is C12H10INO2S. The average Bonchev–Trinajstić information content (AvgIpc) is 2.30. The van der Waals surface area contributed by atoms with Gasteiger partial charge in [0.1, 0.15) is 4.90 Å². The predicted molar refractivity (Wildman–Crippen MR) is 76.4 cm³/mol. The molecule has 17 heavy (non-hydrogen) atoms. The minimum absolute atomic E-state index is 0.296. The van der Waals surface area contributed by atoms with Gasteiger partial charge in [-0.1, -0.05) is 30.3 Å². The highest BCUT2D eigenvalue weighted by molar-refractivity contribution is 14.1. The molecule has 0 aliphatic rings. The molecule has 5 heteroatoms. The lowest BCUT2D eigenvalue weighted by Crippen LogP contribution is -2.14. The number of rotatable bonds is 3. The Bertz CT molecular complexity index is 611. The Balaban J connectivity index is 2.36. The number of para-hydroxylation sites is 1. The topological polar surface area (TPSA) is 46.2 Å². The van der Waals surface area contributed by atoms with Gasteiger partial charge in [0.15, 0.2) is 0 Å². The van der Waals surface area contributed by atoms with E-state index in [1.165, 1.54) is 0 Å². The monoisotopic (exact) mass is 359 g/mol. The van der Waals surface area contributed by atoms with Crippen LogP contribution in [0, 0.1) is 3.57 Å². The van der Waals surface area contributed by atoms with Crippen LogP contribution < -0.4 is 4.72 Å². The number of anilines is 1. The third kappa shape index (κ3) is 2.98. The molecule has 3 nitrogen and oxygen atoms in total. The molecule has 2 aromatic carbocycles. The van der Waals surface area contributed by atoms with E-state index in [0.717, 1.165) is 0 Å². The third-order valence-electron chi connectivity index (χ3n) is 2.15. The number of benzene rings is 2. The first-order valence-electron chi connectivity index (χ1n) is 4.92. The summed E-state index contributed by atoms with van der Waals surface area (Å²) in [5.74, 6) is 0. The van der Waals surface area contributed by atoms with Gasteiger partial charge in [0.2, 0.25) is 0 Å². The summed E-state index contributed by atoms with van der Waals surface area (Å²) in [4.78, 5) is 0.296. The Morgan fingerprint density at radius 1 is 0.882 bits per heavy atom. The number of sulfonamides is 1. The zero-order valence-electron chi connectivity index (χ0n) is 8.80. The van der Waals surface area contributed by atoms with E-state index >= 15 is 0 Å². The Morgan fingerprint density at radius 3 is 2.12 bits per heavy atom. The van der Waals surface area contributed by atoms with E-state index < -0.39 is 10.0 Å². The first kappa shape index (κ1) is 12.4. The highest BCUT2D eigenvalue weighted by Gasteiger charge is 2.16. The van der Waals surface area contributed by atoms with Gasteiger partial charge in [0.05, 0.1) is 0 Å². The first-order chi connectivity index (χ1) is 8.09. The average molecular weight is 359 g/mol. The minimum Gasteiger partial charge on any atom is -0.280 e. The molecule has 0 spiro atoms. The van der Waals surface area contributed by atoms with E-state index in [-0.39, 0.29) is 0 Å². The lowest BCUT2D eigenvalue weighted by atomic mass is 10.3. The molecule has 1 N–H and O–H groups in total. The van der Waals surface area contributed by atoms with Crippen LogP contribution in [0.3, 0.4) is 0 Å². The van der Waals surface area contributed by atoms with E-state index in [1.54, 1.807) is 42.5 Å². The Kier molecular flexibility index (Phi) is 3.68. The van der Waals surface area contributed by atoms with Crippen molar-refractivity contribution in [2.75, 3.05) is 4.72 Å². The van der Waals surface area contributed by atoms with Crippen LogP contribution in [0.5, 0.6) is 0 Å². The molecule has 0 saturated heterocycles. The van der Waals surface area contributed by atoms with Crippen LogP contribution >= 0.6 is 22.6 Å². The molecule has 0 unspecified atom stereocenters. The van der Waals surface area contributed by atoms with Crippen molar-refractivity contribution in [3.05, 3.63) is 58.2 Å². The van der Waals surface area contributed by atoms with E-state index in [0.29, 0.717) is 14.2 Å². The van der Waals surface area contributed by atoms with Crippen LogP contribution in [-0.2, 0) is 10.0 Å². The summed E-state index contributed by atoms with van der Waals surface area (Å²) >= 11 is 2.01. The summed E-state index contributed by atoms with van der Waals surface area (Å²) in [5.41, 5.74) is 0.562. The zero-order chi connectivity index (χ0) is 12.3. The molecule has 0 aliphatic carbocycles. The highest BCUT2D eigenvalue weighted by Crippen LogP contribution is 2.20. The lowest BCUT2D eigenvalue weighted by Gasteiger charge is -2.09. The molecule has 0 fully saturated rings. The van der Waals surface area contributed by atoms with Gasteiger partial charge in [0, 0.05) is 9.26 Å². The van der Waals surface area contributed by atoms with E-state index in [9.17, 15) is 8.42 Å². The van der Waals surface area contributed by atoms with Crippen LogP contribution in [0.1, 0.15) is 0 Å². The van der Waals surface area contributed by atoms with Gasteiger partial charge in [-0.2, -0.15) is 0 Å². The zero-order valence-corrected chi connectivity index (χ0v) is 11.8. The normalized spacial score (nSPS) is 11.1. The standard InChI is InChI=1S/C12H10INO2S/c13-11-8-4-5-9-12(11)17(15,16)14-10-6-2-1-3-7-10/h1-9,14H. The fraction of sp³-hybridized carbons (Fsp3) is 0. The summed E-state index contributed by atoms with van der Waals surface area (Å²) in [6, 6.07) is 15.7. The van der Waals surface area contributed by atoms with Crippen molar-refractivity contribution >= 4 is 38.3 Å². The Morgan fingerprint density at radius 2 is 1.47 bits per heavy atom. The van der Waals surface area contributed by atoms with Crippen molar-refractivity contribution in [1.82, 2.24) is 0 Å². The van der Waals surface area contributed by atoms with Crippen molar-refractivity contribution in [1.29, 1.82) is 0 Å². The Hall–Kier alpha value is -1.08. The van der Waals surface area contributed by atoms with Crippen molar-refractivity contribution < 1.29 is 8.42 Å². The van der Waals surface area contributed by atoms with Gasteiger partial charge in [-0.15, -0.1) is 0 Å². The van der Waals surface area contributed by atoms with E-state index in [1.807, 2.05) is 34.7 Å². The van der Waals surface area contributed by atoms with Crippen LogP contribution in [-0.4, -0.2) is 8.42 Å². The number of halogens is 1. The summed E-state index contributed by atoms with van der Waals surface area (Å²) in [5, 5.41) is 0. The fourth-order valence-corrected chi connectivity index (χ4v) is 3.77. The molecule has 0 atom stereocenters. The van der Waals surface area contributed by atoms with Gasteiger partial charge in [-0.05, 0) is 46.9 Å². The van der Waals surface area contributed by atoms with Gasteiger partial charge in [0.25, 0.3) is 10.0 Å². The molecule has 0 aliphatic heterocycles. The fourth-order valence-electron chi connectivity index (χ4n) is 1.38. The molecule has 0 radical (unpaired) electrons. The second-order valence-electron chi connectivity index (χ2n) is 3.40. The van der Waals surface area contributed by atoms with Crippen molar-refractivity contribution in [2.24, 2.45) is 0 Å². The summed E-state index contributed by atoms with van der Waals surface area (Å²) < 4.78 is 27.5. The molecular weight excluding hydrogens is 349 g/mol. The number of nitrogens with one attached hydrogen (secondary N) is 1. The first-order valence-corrected chi connectivity index (χ1v) is 7.48. The van der Waals surface area contributed by atoms with Crippen LogP contribution in [0.15, 0.2) is 59.5 Å². The molecule has 0 saturated carbocycles.